The van der Waals surface area contributed by atoms with Crippen LogP contribution in [0.5, 0.6) is 0 Å². The van der Waals surface area contributed by atoms with E-state index in [9.17, 15) is 22.0 Å². The van der Waals surface area contributed by atoms with Crippen molar-refractivity contribution in [3.63, 3.8) is 0 Å². The van der Waals surface area contributed by atoms with Crippen LogP contribution in [0, 0.1) is 17.6 Å². The van der Waals surface area contributed by atoms with E-state index in [1.165, 1.54) is 22.6 Å². The van der Waals surface area contributed by atoms with Gasteiger partial charge in [0.15, 0.2) is 5.65 Å². The van der Waals surface area contributed by atoms with E-state index in [0.717, 1.165) is 18.9 Å². The first kappa shape index (κ1) is 21.0. The highest BCUT2D eigenvalue weighted by molar-refractivity contribution is 5.67. The summed E-state index contributed by atoms with van der Waals surface area (Å²) in [5, 5.41) is 7.93. The van der Waals surface area contributed by atoms with Crippen molar-refractivity contribution in [3.05, 3.63) is 53.5 Å². The van der Waals surface area contributed by atoms with E-state index in [4.69, 9.17) is 0 Å². The van der Waals surface area contributed by atoms with Gasteiger partial charge in [0.05, 0.1) is 5.69 Å². The zero-order valence-corrected chi connectivity index (χ0v) is 17.4. The van der Waals surface area contributed by atoms with E-state index in [1.54, 1.807) is 16.0 Å². The molecule has 2 aromatic heterocycles. The minimum absolute atomic E-state index is 0.0484. The topological polar surface area (TPSA) is 36.7 Å². The van der Waals surface area contributed by atoms with Crippen LogP contribution in [0.4, 0.5) is 33.3 Å². The van der Waals surface area contributed by atoms with Crippen LogP contribution < -0.4 is 9.80 Å². The fourth-order valence-corrected chi connectivity index (χ4v) is 4.51. The lowest BCUT2D eigenvalue weighted by molar-refractivity contribution is -0.136. The summed E-state index contributed by atoms with van der Waals surface area (Å²) < 4.78 is 71.2. The molecule has 0 N–H and O–H groups in total. The molecule has 32 heavy (non-hydrogen) atoms. The van der Waals surface area contributed by atoms with E-state index in [1.807, 2.05) is 6.92 Å². The maximum atomic E-state index is 14.1. The number of fused-ring (bicyclic) bond motifs is 1. The minimum atomic E-state index is -4.60. The summed E-state index contributed by atoms with van der Waals surface area (Å²) >= 11 is 0. The SMILES string of the molecule is C[C@@H]1CN(c2ccn3c(CC4CC4)nnc3c2C(F)(F)F)CCN1c1cc(F)cc(F)c1. The van der Waals surface area contributed by atoms with Crippen molar-refractivity contribution in [1.29, 1.82) is 0 Å². The molecule has 0 spiro atoms. The summed E-state index contributed by atoms with van der Waals surface area (Å²) in [6.07, 6.45) is -0.241. The number of piperazine rings is 1. The van der Waals surface area contributed by atoms with Gasteiger partial charge < -0.3 is 9.80 Å². The number of halogens is 5. The van der Waals surface area contributed by atoms with E-state index >= 15 is 0 Å². The van der Waals surface area contributed by atoms with Crippen LogP contribution in [0.3, 0.4) is 0 Å². The molecule has 3 heterocycles. The summed E-state index contributed by atoms with van der Waals surface area (Å²) in [4.78, 5) is 3.47. The fourth-order valence-electron chi connectivity index (χ4n) is 4.51. The predicted molar refractivity (Wildman–Crippen MR) is 110 cm³/mol. The lowest BCUT2D eigenvalue weighted by atomic mass is 10.1. The van der Waals surface area contributed by atoms with Crippen LogP contribution in [-0.2, 0) is 12.6 Å². The number of hydrogen-bond donors (Lipinski definition) is 0. The molecule has 3 aromatic rings. The summed E-state index contributed by atoms with van der Waals surface area (Å²) in [6.45, 7) is 2.68. The number of rotatable bonds is 4. The quantitative estimate of drug-likeness (QED) is 0.539. The Morgan fingerprint density at radius 1 is 1.03 bits per heavy atom. The van der Waals surface area contributed by atoms with Gasteiger partial charge in [0.25, 0.3) is 0 Å². The average Bonchev–Trinajstić information content (AvgIpc) is 3.44. The van der Waals surface area contributed by atoms with Gasteiger partial charge >= 0.3 is 6.18 Å². The summed E-state index contributed by atoms with van der Waals surface area (Å²) in [7, 11) is 0. The lowest BCUT2D eigenvalue weighted by Gasteiger charge is -2.43. The highest BCUT2D eigenvalue weighted by Crippen LogP contribution is 2.41. The van der Waals surface area contributed by atoms with Gasteiger partial charge in [-0.05, 0) is 43.9 Å². The third kappa shape index (κ3) is 3.86. The molecule has 1 aliphatic carbocycles. The molecule has 1 aromatic carbocycles. The zero-order valence-electron chi connectivity index (χ0n) is 17.4. The third-order valence-corrected chi connectivity index (χ3v) is 6.23. The van der Waals surface area contributed by atoms with Gasteiger partial charge in [-0.25, -0.2) is 8.78 Å². The Kier molecular flexibility index (Phi) is 4.98. The normalized spacial score (nSPS) is 19.8. The molecule has 0 amide bonds. The van der Waals surface area contributed by atoms with Gasteiger partial charge in [0.1, 0.15) is 23.0 Å². The molecule has 10 heteroatoms. The first-order valence-electron chi connectivity index (χ1n) is 10.6. The maximum absolute atomic E-state index is 14.1. The second-order valence-corrected chi connectivity index (χ2v) is 8.65. The number of anilines is 2. The van der Waals surface area contributed by atoms with Gasteiger partial charge in [-0.3, -0.25) is 4.40 Å². The first-order chi connectivity index (χ1) is 15.2. The number of pyridine rings is 1. The smallest absolute Gasteiger partial charge is 0.367 e. The van der Waals surface area contributed by atoms with Crippen LogP contribution in [0.15, 0.2) is 30.5 Å². The molecular formula is C22H22F5N5. The van der Waals surface area contributed by atoms with Crippen molar-refractivity contribution in [3.8, 4) is 0 Å². The van der Waals surface area contributed by atoms with Gasteiger partial charge in [-0.1, -0.05) is 0 Å². The molecule has 2 aliphatic rings. The van der Waals surface area contributed by atoms with Crippen LogP contribution in [-0.4, -0.2) is 40.3 Å². The molecule has 1 aliphatic heterocycles. The molecule has 2 fully saturated rings. The zero-order chi connectivity index (χ0) is 22.6. The van der Waals surface area contributed by atoms with Crippen LogP contribution in [0.25, 0.3) is 5.65 Å². The Labute approximate surface area is 181 Å². The van der Waals surface area contributed by atoms with Gasteiger partial charge in [0, 0.05) is 50.0 Å². The molecule has 5 rings (SSSR count). The van der Waals surface area contributed by atoms with Gasteiger partial charge in [0.2, 0.25) is 0 Å². The number of aromatic nitrogens is 3. The van der Waals surface area contributed by atoms with Crippen molar-refractivity contribution < 1.29 is 22.0 Å². The average molecular weight is 451 g/mol. The largest absolute Gasteiger partial charge is 0.422 e. The number of alkyl halides is 3. The monoisotopic (exact) mass is 451 g/mol. The van der Waals surface area contributed by atoms with Crippen LogP contribution >= 0.6 is 0 Å². The van der Waals surface area contributed by atoms with Crippen molar-refractivity contribution >= 4 is 17.0 Å². The van der Waals surface area contributed by atoms with E-state index < -0.39 is 23.4 Å². The summed E-state index contributed by atoms with van der Waals surface area (Å²) in [5.41, 5.74) is -0.560. The van der Waals surface area contributed by atoms with Crippen molar-refractivity contribution in [1.82, 2.24) is 14.6 Å². The molecular weight excluding hydrogens is 429 g/mol. The Hall–Kier alpha value is -2.91. The Morgan fingerprint density at radius 2 is 1.75 bits per heavy atom. The molecule has 0 bridgehead atoms. The summed E-state index contributed by atoms with van der Waals surface area (Å²) in [5.74, 6) is -0.356. The van der Waals surface area contributed by atoms with Crippen molar-refractivity contribution in [2.24, 2.45) is 5.92 Å². The van der Waals surface area contributed by atoms with Gasteiger partial charge in [-0.15, -0.1) is 10.2 Å². The third-order valence-electron chi connectivity index (χ3n) is 6.23. The van der Waals surface area contributed by atoms with E-state index in [-0.39, 0.29) is 30.5 Å². The molecule has 1 atom stereocenters. The molecule has 5 nitrogen and oxygen atoms in total. The van der Waals surface area contributed by atoms with Crippen LogP contribution in [0.2, 0.25) is 0 Å². The Balaban J connectivity index is 1.47. The predicted octanol–water partition coefficient (Wildman–Crippen LogP) is 4.69. The van der Waals surface area contributed by atoms with Crippen molar-refractivity contribution in [2.75, 3.05) is 29.4 Å². The molecule has 170 valence electrons. The molecule has 1 saturated carbocycles. The number of nitrogens with zero attached hydrogens (tertiary/aromatic N) is 5. The Morgan fingerprint density at radius 3 is 2.38 bits per heavy atom. The van der Waals surface area contributed by atoms with E-state index in [0.29, 0.717) is 30.4 Å². The highest BCUT2D eigenvalue weighted by Gasteiger charge is 2.40. The number of hydrogen-bond acceptors (Lipinski definition) is 4. The lowest BCUT2D eigenvalue weighted by Crippen LogP contribution is -2.52. The van der Waals surface area contributed by atoms with E-state index in [2.05, 4.69) is 10.2 Å². The first-order valence-corrected chi connectivity index (χ1v) is 10.6. The highest BCUT2D eigenvalue weighted by atomic mass is 19.4. The number of benzene rings is 1. The molecule has 1 saturated heterocycles. The fraction of sp³-hybridized carbons (Fsp3) is 0.455. The molecule has 0 unspecified atom stereocenters. The Bertz CT molecular complexity index is 1130. The van der Waals surface area contributed by atoms with Crippen molar-refractivity contribution in [2.45, 2.75) is 38.4 Å². The second kappa shape index (κ2) is 7.60. The standard InChI is InChI=1S/C22H22F5N5/c1-13-12-30(6-7-31(13)17-10-15(23)9-16(24)11-17)18-4-5-32-19(8-14-2-3-14)28-29-21(32)20(18)22(25,26)27/h4-5,9-11,13-14H,2-3,6-8,12H2,1H3/t13-/m1/s1. The van der Waals surface area contributed by atoms with Gasteiger partial charge in [-0.2, -0.15) is 13.2 Å². The second-order valence-electron chi connectivity index (χ2n) is 8.65. The van der Waals surface area contributed by atoms with Crippen LogP contribution in [0.1, 0.15) is 31.2 Å². The summed E-state index contributed by atoms with van der Waals surface area (Å²) in [6, 6.07) is 4.48. The minimum Gasteiger partial charge on any atom is -0.367 e. The molecule has 0 radical (unpaired) electrons. The maximum Gasteiger partial charge on any atom is 0.422 e.